The SMILES string of the molecule is CCCCC1CCC(C2CCC(OC)CC2)CC1. The van der Waals surface area contributed by atoms with Gasteiger partial charge < -0.3 is 4.74 Å². The summed E-state index contributed by atoms with van der Waals surface area (Å²) in [5, 5.41) is 0. The number of unbranched alkanes of at least 4 members (excludes halogenated alkanes) is 1. The lowest BCUT2D eigenvalue weighted by Gasteiger charge is -2.37. The van der Waals surface area contributed by atoms with Gasteiger partial charge in [0.15, 0.2) is 0 Å². The van der Waals surface area contributed by atoms with Gasteiger partial charge in [-0.3, -0.25) is 0 Å². The molecular formula is C17H32O. The fourth-order valence-corrected chi connectivity index (χ4v) is 4.24. The third kappa shape index (κ3) is 3.98. The Balaban J connectivity index is 1.67. The van der Waals surface area contributed by atoms with Crippen LogP contribution in [0.15, 0.2) is 0 Å². The van der Waals surface area contributed by atoms with Gasteiger partial charge >= 0.3 is 0 Å². The van der Waals surface area contributed by atoms with E-state index in [0.717, 1.165) is 17.8 Å². The molecule has 0 aliphatic heterocycles. The molecule has 0 aromatic carbocycles. The molecule has 1 heteroatoms. The number of hydrogen-bond donors (Lipinski definition) is 0. The summed E-state index contributed by atoms with van der Waals surface area (Å²) in [5.41, 5.74) is 0. The summed E-state index contributed by atoms with van der Waals surface area (Å²) in [6.45, 7) is 2.32. The quantitative estimate of drug-likeness (QED) is 0.654. The molecular weight excluding hydrogens is 220 g/mol. The predicted molar refractivity (Wildman–Crippen MR) is 77.7 cm³/mol. The second-order valence-corrected chi connectivity index (χ2v) is 6.70. The lowest BCUT2D eigenvalue weighted by atomic mass is 9.70. The summed E-state index contributed by atoms with van der Waals surface area (Å²) in [6, 6.07) is 0. The van der Waals surface area contributed by atoms with E-state index in [2.05, 4.69) is 6.92 Å². The maximum atomic E-state index is 5.49. The van der Waals surface area contributed by atoms with Crippen LogP contribution in [0.25, 0.3) is 0 Å². The van der Waals surface area contributed by atoms with Crippen LogP contribution in [-0.2, 0) is 4.74 Å². The van der Waals surface area contributed by atoms with E-state index in [9.17, 15) is 0 Å². The van der Waals surface area contributed by atoms with E-state index in [4.69, 9.17) is 4.74 Å². The van der Waals surface area contributed by atoms with Crippen molar-refractivity contribution in [2.45, 2.75) is 83.7 Å². The van der Waals surface area contributed by atoms with Crippen LogP contribution in [0, 0.1) is 17.8 Å². The van der Waals surface area contributed by atoms with Crippen molar-refractivity contribution < 1.29 is 4.74 Å². The van der Waals surface area contributed by atoms with Gasteiger partial charge in [-0.2, -0.15) is 0 Å². The normalized spacial score (nSPS) is 37.7. The minimum atomic E-state index is 0.571. The molecule has 0 spiro atoms. The molecule has 1 nitrogen and oxygen atoms in total. The Labute approximate surface area is 114 Å². The van der Waals surface area contributed by atoms with Gasteiger partial charge in [-0.25, -0.2) is 0 Å². The third-order valence-electron chi connectivity index (χ3n) is 5.58. The first kappa shape index (κ1) is 14.4. The fourth-order valence-electron chi connectivity index (χ4n) is 4.24. The van der Waals surface area contributed by atoms with Crippen LogP contribution in [0.2, 0.25) is 0 Å². The molecule has 0 radical (unpaired) electrons. The van der Waals surface area contributed by atoms with Crippen LogP contribution in [0.4, 0.5) is 0 Å². The number of hydrogen-bond acceptors (Lipinski definition) is 1. The standard InChI is InChI=1S/C17H32O/c1-3-4-5-14-6-8-15(9-7-14)16-10-12-17(18-2)13-11-16/h14-17H,3-13H2,1-2H3. The molecule has 18 heavy (non-hydrogen) atoms. The average Bonchev–Trinajstić information content (AvgIpc) is 2.46. The van der Waals surface area contributed by atoms with Crippen molar-refractivity contribution in [2.75, 3.05) is 7.11 Å². The Kier molecular flexibility index (Phi) is 6.01. The maximum Gasteiger partial charge on any atom is 0.0571 e. The number of ether oxygens (including phenoxy) is 1. The van der Waals surface area contributed by atoms with E-state index in [0.29, 0.717) is 6.10 Å². The first-order valence-electron chi connectivity index (χ1n) is 8.36. The zero-order valence-electron chi connectivity index (χ0n) is 12.5. The molecule has 0 aromatic heterocycles. The lowest BCUT2D eigenvalue weighted by Crippen LogP contribution is -2.28. The lowest BCUT2D eigenvalue weighted by molar-refractivity contribution is 0.0391. The van der Waals surface area contributed by atoms with Gasteiger partial charge in [-0.15, -0.1) is 0 Å². The highest BCUT2D eigenvalue weighted by Gasteiger charge is 2.30. The van der Waals surface area contributed by atoms with E-state index < -0.39 is 0 Å². The summed E-state index contributed by atoms with van der Waals surface area (Å²) in [7, 11) is 1.88. The minimum Gasteiger partial charge on any atom is -0.381 e. The van der Waals surface area contributed by atoms with Gasteiger partial charge in [0.2, 0.25) is 0 Å². The Morgan fingerprint density at radius 1 is 0.833 bits per heavy atom. The van der Waals surface area contributed by atoms with Gasteiger partial charge in [0.1, 0.15) is 0 Å². The summed E-state index contributed by atoms with van der Waals surface area (Å²) < 4.78 is 5.49. The molecule has 0 aromatic rings. The summed E-state index contributed by atoms with van der Waals surface area (Å²) in [6.07, 6.45) is 16.5. The minimum absolute atomic E-state index is 0.571. The zero-order valence-corrected chi connectivity index (χ0v) is 12.5. The third-order valence-corrected chi connectivity index (χ3v) is 5.58. The molecule has 2 saturated carbocycles. The van der Waals surface area contributed by atoms with Crippen LogP contribution in [0.3, 0.4) is 0 Å². The van der Waals surface area contributed by atoms with E-state index >= 15 is 0 Å². The van der Waals surface area contributed by atoms with Crippen molar-refractivity contribution in [2.24, 2.45) is 17.8 Å². The maximum absolute atomic E-state index is 5.49. The zero-order chi connectivity index (χ0) is 12.8. The summed E-state index contributed by atoms with van der Waals surface area (Å²) in [5.74, 6) is 3.15. The molecule has 106 valence electrons. The molecule has 0 saturated heterocycles. The first-order valence-corrected chi connectivity index (χ1v) is 8.36. The topological polar surface area (TPSA) is 9.23 Å². The van der Waals surface area contributed by atoms with Gasteiger partial charge in [-0.05, 0) is 56.3 Å². The summed E-state index contributed by atoms with van der Waals surface area (Å²) >= 11 is 0. The Morgan fingerprint density at radius 3 is 1.89 bits per heavy atom. The molecule has 2 fully saturated rings. The Morgan fingerprint density at radius 2 is 1.39 bits per heavy atom. The van der Waals surface area contributed by atoms with Gasteiger partial charge in [-0.1, -0.05) is 39.0 Å². The number of rotatable bonds is 5. The predicted octanol–water partition coefficient (Wildman–Crippen LogP) is 5.19. The molecule has 0 amide bonds. The second kappa shape index (κ2) is 7.53. The summed E-state index contributed by atoms with van der Waals surface area (Å²) in [4.78, 5) is 0. The largest absolute Gasteiger partial charge is 0.381 e. The molecule has 0 unspecified atom stereocenters. The van der Waals surface area contributed by atoms with Crippen LogP contribution < -0.4 is 0 Å². The highest BCUT2D eigenvalue weighted by Crippen LogP contribution is 2.41. The smallest absolute Gasteiger partial charge is 0.0571 e. The first-order chi connectivity index (χ1) is 8.83. The van der Waals surface area contributed by atoms with Crippen LogP contribution in [0.5, 0.6) is 0 Å². The molecule has 0 atom stereocenters. The Hall–Kier alpha value is -0.0400. The number of methoxy groups -OCH3 is 1. The van der Waals surface area contributed by atoms with Gasteiger partial charge in [0, 0.05) is 7.11 Å². The van der Waals surface area contributed by atoms with E-state index in [1.807, 2.05) is 7.11 Å². The van der Waals surface area contributed by atoms with E-state index in [-0.39, 0.29) is 0 Å². The van der Waals surface area contributed by atoms with Gasteiger partial charge in [0.05, 0.1) is 6.10 Å². The molecule has 0 heterocycles. The van der Waals surface area contributed by atoms with Crippen molar-refractivity contribution in [1.82, 2.24) is 0 Å². The molecule has 2 aliphatic carbocycles. The molecule has 0 N–H and O–H groups in total. The molecule has 2 aliphatic rings. The van der Waals surface area contributed by atoms with Crippen molar-refractivity contribution >= 4 is 0 Å². The van der Waals surface area contributed by atoms with Crippen LogP contribution >= 0.6 is 0 Å². The van der Waals surface area contributed by atoms with Gasteiger partial charge in [0.25, 0.3) is 0 Å². The average molecular weight is 252 g/mol. The highest BCUT2D eigenvalue weighted by molar-refractivity contribution is 4.82. The van der Waals surface area contributed by atoms with E-state index in [1.54, 1.807) is 0 Å². The second-order valence-electron chi connectivity index (χ2n) is 6.70. The fraction of sp³-hybridized carbons (Fsp3) is 1.00. The van der Waals surface area contributed by atoms with Crippen molar-refractivity contribution in [3.8, 4) is 0 Å². The monoisotopic (exact) mass is 252 g/mol. The highest BCUT2D eigenvalue weighted by atomic mass is 16.5. The van der Waals surface area contributed by atoms with Crippen molar-refractivity contribution in [3.63, 3.8) is 0 Å². The Bertz CT molecular complexity index is 210. The molecule has 2 rings (SSSR count). The van der Waals surface area contributed by atoms with Crippen molar-refractivity contribution in [1.29, 1.82) is 0 Å². The van der Waals surface area contributed by atoms with Crippen molar-refractivity contribution in [3.05, 3.63) is 0 Å². The van der Waals surface area contributed by atoms with E-state index in [1.165, 1.54) is 70.6 Å². The van der Waals surface area contributed by atoms with Crippen LogP contribution in [-0.4, -0.2) is 13.2 Å². The van der Waals surface area contributed by atoms with Crippen LogP contribution in [0.1, 0.15) is 77.6 Å². The molecule has 0 bridgehead atoms.